The molecule has 6 unspecified atom stereocenters. The Morgan fingerprint density at radius 1 is 0.541 bits per heavy atom. The van der Waals surface area contributed by atoms with Crippen molar-refractivity contribution in [3.63, 3.8) is 0 Å². The van der Waals surface area contributed by atoms with E-state index in [4.69, 9.17) is 56.5 Å². The molecule has 4 aliphatic heterocycles. The molecule has 0 aromatic heterocycles. The Labute approximate surface area is 577 Å². The fourth-order valence-electron chi connectivity index (χ4n) is 17.5. The molecule has 5 aromatic carbocycles. The van der Waals surface area contributed by atoms with Crippen molar-refractivity contribution < 1.29 is 80.5 Å². The van der Waals surface area contributed by atoms with E-state index < -0.39 is 111 Å². The first-order valence-electron chi connectivity index (χ1n) is 35.5. The molecule has 1 spiro atoms. The zero-order chi connectivity index (χ0) is 68.9. The van der Waals surface area contributed by atoms with Gasteiger partial charge in [0.25, 0.3) is 0 Å². The summed E-state index contributed by atoms with van der Waals surface area (Å²) in [6, 6.07) is 41.7. The molecule has 8 aliphatic rings. The number of fused-ring (bicyclic) bond motifs is 7. The van der Waals surface area contributed by atoms with Crippen molar-refractivity contribution in [3.05, 3.63) is 191 Å². The standard InChI is InChI=1S/C80H96O17Si/c1-48-38-43-80(86-46-48)49(2)63-61(97-80)45-60-58-37-36-56-44-57(39-41-78(56,7)59(58)40-42-79(60,63)8)89-76-69(67(94-73(84)54-32-22-14-23-33-54)65(92-71(82)52-28-18-12-19-29-52)62(90-76)47-87-98(9,10)77(4,5)6)96-75-68(95-74(85)55-34-24-15-25-35-55)66(93-72(83)53-30-20-13-21-31-53)64(50(3)88-75)91-70(81)51-26-16-11-17-27-51/h11-36,48-50,57-69,75-76H,37-47H2,1-10H3/t48-,49+,50?,57+,58-,59+,60+,61+,62?,63+,64+,65-,66?,67?,68?,69?,75+,76-,78+,79+,80-/m1/s1. The van der Waals surface area contributed by atoms with Crippen LogP contribution in [0.1, 0.15) is 165 Å². The van der Waals surface area contributed by atoms with E-state index in [0.717, 1.165) is 51.6 Å². The lowest BCUT2D eigenvalue weighted by Crippen LogP contribution is -2.67. The Kier molecular flexibility index (Phi) is 20.1. The maximum atomic E-state index is 15.1. The second-order valence-corrected chi connectivity index (χ2v) is 35.7. The van der Waals surface area contributed by atoms with Crippen molar-refractivity contribution in [3.8, 4) is 0 Å². The van der Waals surface area contributed by atoms with Crippen LogP contribution in [0.2, 0.25) is 18.1 Å². The second-order valence-electron chi connectivity index (χ2n) is 30.9. The van der Waals surface area contributed by atoms with Gasteiger partial charge in [-0.15, -0.1) is 0 Å². The summed E-state index contributed by atoms with van der Waals surface area (Å²) in [4.78, 5) is 73.6. The maximum absolute atomic E-state index is 15.1. The van der Waals surface area contributed by atoms with Gasteiger partial charge in [0.1, 0.15) is 6.10 Å². The van der Waals surface area contributed by atoms with Crippen LogP contribution >= 0.6 is 0 Å². The first-order valence-corrected chi connectivity index (χ1v) is 38.4. The zero-order valence-electron chi connectivity index (χ0n) is 58.1. The Hall–Kier alpha value is -6.87. The number of esters is 5. The third-order valence-corrected chi connectivity index (χ3v) is 28.4. The molecular formula is C80H96O17Si. The van der Waals surface area contributed by atoms with Gasteiger partial charge >= 0.3 is 29.8 Å². The van der Waals surface area contributed by atoms with Crippen LogP contribution in [0.4, 0.5) is 0 Å². The van der Waals surface area contributed by atoms with Crippen LogP contribution in [-0.2, 0) is 56.5 Å². The lowest BCUT2D eigenvalue weighted by molar-refractivity contribution is -0.367. The minimum atomic E-state index is -2.64. The molecule has 0 N–H and O–H groups in total. The predicted octanol–water partition coefficient (Wildman–Crippen LogP) is 14.7. The lowest BCUT2D eigenvalue weighted by atomic mass is 9.47. The van der Waals surface area contributed by atoms with Gasteiger partial charge in [0.05, 0.1) is 59.3 Å². The highest BCUT2D eigenvalue weighted by molar-refractivity contribution is 6.74. The van der Waals surface area contributed by atoms with Gasteiger partial charge in [-0.1, -0.05) is 151 Å². The van der Waals surface area contributed by atoms with Gasteiger partial charge in [-0.05, 0) is 178 Å². The third-order valence-electron chi connectivity index (χ3n) is 23.9. The molecule has 4 aliphatic carbocycles. The van der Waals surface area contributed by atoms with Crippen LogP contribution in [0.5, 0.6) is 0 Å². The van der Waals surface area contributed by atoms with Crippen molar-refractivity contribution in [2.75, 3.05) is 13.2 Å². The van der Waals surface area contributed by atoms with Gasteiger partial charge in [-0.2, -0.15) is 0 Å². The van der Waals surface area contributed by atoms with Gasteiger partial charge < -0.3 is 56.5 Å². The van der Waals surface area contributed by atoms with Crippen molar-refractivity contribution in [1.82, 2.24) is 0 Å². The van der Waals surface area contributed by atoms with Crippen LogP contribution in [0.15, 0.2) is 163 Å². The number of carbonyl (C=O) groups excluding carboxylic acids is 5. The summed E-state index contributed by atoms with van der Waals surface area (Å²) < 4.78 is 82.7. The normalized spacial score (nSPS) is 35.8. The predicted molar refractivity (Wildman–Crippen MR) is 366 cm³/mol. The highest BCUT2D eigenvalue weighted by atomic mass is 28.4. The smallest absolute Gasteiger partial charge is 0.338 e. The topological polar surface area (TPSA) is 196 Å². The summed E-state index contributed by atoms with van der Waals surface area (Å²) in [5.74, 6) is -1.77. The summed E-state index contributed by atoms with van der Waals surface area (Å²) >= 11 is 0. The number of ether oxygens (including phenoxy) is 11. The Morgan fingerprint density at radius 3 is 1.52 bits per heavy atom. The van der Waals surface area contributed by atoms with Crippen LogP contribution < -0.4 is 0 Å². The third kappa shape index (κ3) is 13.8. The van der Waals surface area contributed by atoms with E-state index in [9.17, 15) is 19.2 Å². The molecule has 522 valence electrons. The Morgan fingerprint density at radius 2 is 1.02 bits per heavy atom. The van der Waals surface area contributed by atoms with Crippen molar-refractivity contribution in [2.45, 2.75) is 211 Å². The summed E-state index contributed by atoms with van der Waals surface area (Å²) in [5, 5.41) is -0.277. The SMILES string of the molecule is CC1O[C@@H](OC2C(OC(=O)c3ccccc3)[C@H](OC(=O)c3ccccc3)C(CO[Si](C)(C)C(C)(C)C)O[C@H]2O[C@H]2CC[C@@]3(C)C(=CC[C@H]4[C@@H]5C[C@@H]6O[C@]7(CC[C@@H](C)CO7)[C@@H](C)[C@@H]6[C@@]5(C)CC[C@@H]43)C2)C(OC(=O)c2ccccc2)C(OC(=O)c2ccccc2)[C@H]1OC(=O)c1ccccc1. The van der Waals surface area contributed by atoms with Crippen molar-refractivity contribution in [2.24, 2.45) is 46.3 Å². The van der Waals surface area contributed by atoms with E-state index >= 15 is 4.79 Å². The molecule has 5 aromatic rings. The van der Waals surface area contributed by atoms with Gasteiger partial charge in [0.15, 0.2) is 63.3 Å². The van der Waals surface area contributed by atoms with Crippen molar-refractivity contribution in [1.29, 1.82) is 0 Å². The summed E-state index contributed by atoms with van der Waals surface area (Å²) in [6.07, 6.45) is -4.51. The molecule has 17 nitrogen and oxygen atoms in total. The van der Waals surface area contributed by atoms with Crippen molar-refractivity contribution >= 4 is 38.2 Å². The molecule has 4 saturated heterocycles. The molecule has 0 amide bonds. The Bertz CT molecular complexity index is 3650. The molecule has 0 bridgehead atoms. The van der Waals surface area contributed by atoms with E-state index in [0.29, 0.717) is 48.3 Å². The first kappa shape index (κ1) is 69.6. The molecular weight excluding hydrogens is 1260 g/mol. The number of allylic oxidation sites excluding steroid dienone is 1. The van der Waals surface area contributed by atoms with Crippen LogP contribution in [0.25, 0.3) is 0 Å². The summed E-state index contributed by atoms with van der Waals surface area (Å²) in [5.41, 5.74) is 2.21. The quantitative estimate of drug-likeness (QED) is 0.0368. The average molecular weight is 1360 g/mol. The van der Waals surface area contributed by atoms with E-state index in [2.05, 4.69) is 67.6 Å². The molecule has 0 radical (unpaired) electrons. The highest BCUT2D eigenvalue weighted by Gasteiger charge is 2.69. The fraction of sp³-hybridized carbons (Fsp3) is 0.537. The van der Waals surface area contributed by atoms with E-state index in [1.165, 1.54) is 5.57 Å². The monoisotopic (exact) mass is 1360 g/mol. The van der Waals surface area contributed by atoms with Gasteiger partial charge in [0, 0.05) is 12.3 Å². The van der Waals surface area contributed by atoms with E-state index in [1.807, 2.05) is 0 Å². The number of rotatable bonds is 17. The second kappa shape index (κ2) is 28.3. The van der Waals surface area contributed by atoms with Gasteiger partial charge in [0.2, 0.25) is 0 Å². The minimum Gasteiger partial charge on any atom is -0.452 e. The molecule has 21 atom stereocenters. The number of benzene rings is 5. The number of hydrogen-bond donors (Lipinski definition) is 0. The van der Waals surface area contributed by atoms with Gasteiger partial charge in [-0.25, -0.2) is 24.0 Å². The lowest BCUT2D eigenvalue weighted by Gasteiger charge is -2.59. The number of carbonyl (C=O) groups is 5. The van der Waals surface area contributed by atoms with E-state index in [-0.39, 0.29) is 56.4 Å². The molecule has 7 fully saturated rings. The van der Waals surface area contributed by atoms with E-state index in [1.54, 1.807) is 159 Å². The number of hydrogen-bond acceptors (Lipinski definition) is 17. The fourth-order valence-corrected chi connectivity index (χ4v) is 18.5. The Balaban J connectivity index is 0.887. The molecule has 18 heteroatoms. The van der Waals surface area contributed by atoms with Crippen LogP contribution in [0.3, 0.4) is 0 Å². The summed E-state index contributed by atoms with van der Waals surface area (Å²) in [7, 11) is -2.64. The maximum Gasteiger partial charge on any atom is 0.338 e. The van der Waals surface area contributed by atoms with Crippen LogP contribution in [-0.4, -0.2) is 131 Å². The molecule has 4 heterocycles. The zero-order valence-corrected chi connectivity index (χ0v) is 59.1. The minimum absolute atomic E-state index is 0.120. The average Bonchev–Trinajstić information content (AvgIpc) is 1.51. The largest absolute Gasteiger partial charge is 0.452 e. The first-order chi connectivity index (χ1) is 46.9. The summed E-state index contributed by atoms with van der Waals surface area (Å²) in [6.45, 7) is 22.5. The molecule has 98 heavy (non-hydrogen) atoms. The molecule has 3 saturated carbocycles. The molecule has 13 rings (SSSR count). The highest BCUT2D eigenvalue weighted by Crippen LogP contribution is 2.71. The van der Waals surface area contributed by atoms with Crippen LogP contribution in [0, 0.1) is 46.3 Å². The van der Waals surface area contributed by atoms with Gasteiger partial charge in [-0.3, -0.25) is 0 Å².